The number of aryl methyl sites for hydroxylation is 2. The van der Waals surface area contributed by atoms with Gasteiger partial charge in [0.05, 0.1) is 11.7 Å². The predicted molar refractivity (Wildman–Crippen MR) is 153 cm³/mol. The Labute approximate surface area is 255 Å². The third-order valence-corrected chi connectivity index (χ3v) is 5.74. The van der Waals surface area contributed by atoms with Gasteiger partial charge in [0.1, 0.15) is 22.1 Å². The van der Waals surface area contributed by atoms with Crippen LogP contribution >= 0.6 is 0 Å². The zero-order chi connectivity index (χ0) is 28.6. The summed E-state index contributed by atoms with van der Waals surface area (Å²) in [4.78, 5) is 16.8. The number of aromatic nitrogens is 7. The molecule has 3 heterocycles. The minimum Gasteiger partial charge on any atom is -0.543 e. The van der Waals surface area contributed by atoms with Crippen LogP contribution < -0.4 is 5.11 Å². The van der Waals surface area contributed by atoms with Gasteiger partial charge in [-0.15, -0.1) is 12.1 Å². The Morgan fingerprint density at radius 2 is 1.05 bits per heavy atom. The van der Waals surface area contributed by atoms with E-state index in [-0.39, 0.29) is 25.8 Å². The maximum absolute atomic E-state index is 10.0. The fraction of sp³-hybridized carbons (Fsp3) is 0.0625. The molecule has 0 aliphatic carbocycles. The summed E-state index contributed by atoms with van der Waals surface area (Å²) < 4.78 is 0. The van der Waals surface area contributed by atoms with E-state index in [1.165, 1.54) is 12.3 Å². The first-order valence-corrected chi connectivity index (χ1v) is 12.7. The van der Waals surface area contributed by atoms with Gasteiger partial charge in [0.15, 0.2) is 0 Å². The SMILES string of the molecule is Cc1c[c-]cc(-n2nc3ccccc3n2)c1.Cc1c[c-]cc(-n2nc3ccccc3n2)c1.O=C([O-])c1ccccn1.[Ir+3]. The first-order chi connectivity index (χ1) is 20.0. The average molecular weight is 731 g/mol. The van der Waals surface area contributed by atoms with Gasteiger partial charge in [0, 0.05) is 6.20 Å². The Balaban J connectivity index is 0.000000149. The Morgan fingerprint density at radius 1 is 0.643 bits per heavy atom. The summed E-state index contributed by atoms with van der Waals surface area (Å²) in [6.07, 6.45) is 1.41. The Hall–Kier alpha value is -5.05. The van der Waals surface area contributed by atoms with Crippen molar-refractivity contribution in [2.75, 3.05) is 0 Å². The first-order valence-electron chi connectivity index (χ1n) is 12.7. The summed E-state index contributed by atoms with van der Waals surface area (Å²) in [5.74, 6) is -1.24. The number of carbonyl (C=O) groups excluding carboxylic acids is 1. The number of nitrogens with zero attached hydrogens (tertiary/aromatic N) is 7. The molecule has 0 N–H and O–H groups in total. The minimum atomic E-state index is -1.24. The van der Waals surface area contributed by atoms with Crippen molar-refractivity contribution in [3.05, 3.63) is 138 Å². The summed E-state index contributed by atoms with van der Waals surface area (Å²) in [6.45, 7) is 4.06. The maximum Gasteiger partial charge on any atom is 3.00 e. The molecule has 7 aromatic rings. The van der Waals surface area contributed by atoms with Crippen LogP contribution in [0.4, 0.5) is 0 Å². The molecule has 0 bridgehead atoms. The Kier molecular flexibility index (Phi) is 9.99. The molecule has 208 valence electrons. The average Bonchev–Trinajstić information content (AvgIpc) is 3.63. The second-order valence-electron chi connectivity index (χ2n) is 9.00. The minimum absolute atomic E-state index is 0. The standard InChI is InChI=1S/2C13H10N3.C6H5NO2.Ir/c2*1-10-5-4-6-11(9-10)16-14-12-7-2-3-8-13(12)15-16;8-6(9)5-3-1-2-4-7-5;/h2*2-3,5-9H,1H3;1-4H,(H,8,9);/q2*-1;;+3/p-1. The van der Waals surface area contributed by atoms with Gasteiger partial charge in [-0.1, -0.05) is 44.2 Å². The number of carboxylic acid groups (broad SMARTS) is 1. The van der Waals surface area contributed by atoms with E-state index in [4.69, 9.17) is 0 Å². The molecule has 0 aliphatic heterocycles. The number of hydrogen-bond acceptors (Lipinski definition) is 7. The van der Waals surface area contributed by atoms with Crippen molar-refractivity contribution in [1.29, 1.82) is 0 Å². The number of aromatic carboxylic acids is 1. The van der Waals surface area contributed by atoms with Crippen molar-refractivity contribution < 1.29 is 30.0 Å². The van der Waals surface area contributed by atoms with E-state index in [0.29, 0.717) is 0 Å². The fourth-order valence-corrected chi connectivity index (χ4v) is 3.82. The molecule has 0 spiro atoms. The molecule has 0 fully saturated rings. The number of hydrogen-bond donors (Lipinski definition) is 0. The zero-order valence-corrected chi connectivity index (χ0v) is 25.1. The van der Waals surface area contributed by atoms with Gasteiger partial charge in [-0.3, -0.25) is 4.98 Å². The second kappa shape index (κ2) is 14.0. The van der Waals surface area contributed by atoms with Crippen LogP contribution in [0.3, 0.4) is 0 Å². The normalized spacial score (nSPS) is 10.1. The number of carbonyl (C=O) groups is 1. The van der Waals surface area contributed by atoms with Crippen molar-refractivity contribution >= 4 is 28.0 Å². The Bertz CT molecular complexity index is 1740. The quantitative estimate of drug-likeness (QED) is 0.246. The molecule has 0 saturated carbocycles. The van der Waals surface area contributed by atoms with Crippen molar-refractivity contribution in [3.63, 3.8) is 0 Å². The van der Waals surface area contributed by atoms with Gasteiger partial charge in [-0.25, -0.2) is 9.59 Å². The van der Waals surface area contributed by atoms with Gasteiger partial charge in [-0.05, 0) is 47.8 Å². The molecule has 4 aromatic carbocycles. The number of rotatable bonds is 3. The topological polar surface area (TPSA) is 114 Å². The molecular formula is C32H24IrN7O2. The van der Waals surface area contributed by atoms with E-state index < -0.39 is 5.97 Å². The summed E-state index contributed by atoms with van der Waals surface area (Å²) in [7, 11) is 0. The van der Waals surface area contributed by atoms with Crippen LogP contribution in [0.15, 0.2) is 109 Å². The summed E-state index contributed by atoms with van der Waals surface area (Å²) in [5.41, 5.74) is 7.78. The zero-order valence-electron chi connectivity index (χ0n) is 22.7. The number of benzene rings is 4. The smallest absolute Gasteiger partial charge is 0.543 e. The molecule has 10 heteroatoms. The van der Waals surface area contributed by atoms with Crippen LogP contribution in [0.2, 0.25) is 0 Å². The van der Waals surface area contributed by atoms with Gasteiger partial charge >= 0.3 is 20.1 Å². The van der Waals surface area contributed by atoms with Crippen LogP contribution in [0.5, 0.6) is 0 Å². The molecule has 0 unspecified atom stereocenters. The predicted octanol–water partition coefficient (Wildman–Crippen LogP) is 4.50. The van der Waals surface area contributed by atoms with Gasteiger partial charge in [0.25, 0.3) is 0 Å². The summed E-state index contributed by atoms with van der Waals surface area (Å²) >= 11 is 0. The number of fused-ring (bicyclic) bond motifs is 2. The summed E-state index contributed by atoms with van der Waals surface area (Å²) in [6, 6.07) is 38.2. The van der Waals surface area contributed by atoms with Crippen molar-refractivity contribution in [2.45, 2.75) is 13.8 Å². The maximum atomic E-state index is 10.0. The first kappa shape index (κ1) is 29.9. The van der Waals surface area contributed by atoms with Gasteiger partial charge in [0.2, 0.25) is 0 Å². The van der Waals surface area contributed by atoms with Crippen molar-refractivity contribution in [2.24, 2.45) is 0 Å². The largest absolute Gasteiger partial charge is 3.00 e. The molecule has 0 amide bonds. The van der Waals surface area contributed by atoms with Crippen LogP contribution in [0, 0.1) is 26.0 Å². The third kappa shape index (κ3) is 7.57. The van der Waals surface area contributed by atoms with Gasteiger partial charge < -0.3 is 9.90 Å². The monoisotopic (exact) mass is 731 g/mol. The molecule has 0 saturated heterocycles. The fourth-order valence-electron chi connectivity index (χ4n) is 3.82. The molecule has 42 heavy (non-hydrogen) atoms. The van der Waals surface area contributed by atoms with E-state index >= 15 is 0 Å². The molecule has 0 atom stereocenters. The Morgan fingerprint density at radius 3 is 1.36 bits per heavy atom. The molecule has 0 aliphatic rings. The van der Waals surface area contributed by atoms with Crippen LogP contribution in [-0.2, 0) is 20.1 Å². The molecule has 9 nitrogen and oxygen atoms in total. The van der Waals surface area contributed by atoms with Crippen molar-refractivity contribution in [1.82, 2.24) is 35.0 Å². The third-order valence-electron chi connectivity index (χ3n) is 5.74. The van der Waals surface area contributed by atoms with Gasteiger partial charge in [-0.2, -0.15) is 67.9 Å². The molecule has 0 radical (unpaired) electrons. The van der Waals surface area contributed by atoms with E-state index in [2.05, 4.69) is 37.5 Å². The van der Waals surface area contributed by atoms with Crippen LogP contribution in [0.1, 0.15) is 21.6 Å². The number of pyridine rings is 1. The molecule has 7 rings (SSSR count). The van der Waals surface area contributed by atoms with Crippen molar-refractivity contribution in [3.8, 4) is 11.4 Å². The second-order valence-corrected chi connectivity index (χ2v) is 9.00. The molecule has 3 aromatic heterocycles. The van der Waals surface area contributed by atoms with E-state index in [1.807, 2.05) is 98.8 Å². The van der Waals surface area contributed by atoms with E-state index in [1.54, 1.807) is 21.7 Å². The van der Waals surface area contributed by atoms with Crippen LogP contribution in [-0.4, -0.2) is 40.9 Å². The number of carboxylic acids is 1. The van der Waals surface area contributed by atoms with E-state index in [9.17, 15) is 9.90 Å². The van der Waals surface area contributed by atoms with E-state index in [0.717, 1.165) is 44.6 Å². The van der Waals surface area contributed by atoms with Crippen LogP contribution in [0.25, 0.3) is 33.4 Å². The summed E-state index contributed by atoms with van der Waals surface area (Å²) in [5, 5.41) is 27.7. The molecular weight excluding hydrogens is 707 g/mol.